The lowest BCUT2D eigenvalue weighted by molar-refractivity contribution is 0.0953. The van der Waals surface area contributed by atoms with Crippen LogP contribution in [-0.2, 0) is 0 Å². The van der Waals surface area contributed by atoms with Crippen LogP contribution in [0.2, 0.25) is 5.02 Å². The van der Waals surface area contributed by atoms with E-state index in [0.29, 0.717) is 22.0 Å². The smallest absolute Gasteiger partial charge is 0.271 e. The maximum absolute atomic E-state index is 13.2. The highest BCUT2D eigenvalue weighted by Gasteiger charge is 2.08. The van der Waals surface area contributed by atoms with Crippen LogP contribution in [0.5, 0.6) is 0 Å². The first kappa shape index (κ1) is 20.2. The number of nitrogens with zero attached hydrogens (tertiary/aromatic N) is 1. The predicted molar refractivity (Wildman–Crippen MR) is 112 cm³/mol. The van der Waals surface area contributed by atoms with E-state index in [0.717, 1.165) is 11.6 Å². The molecule has 3 rings (SSSR count). The first-order valence-electron chi connectivity index (χ1n) is 8.70. The summed E-state index contributed by atoms with van der Waals surface area (Å²) in [5, 5.41) is 7.40. The van der Waals surface area contributed by atoms with Gasteiger partial charge in [0.15, 0.2) is 0 Å². The fraction of sp³-hybridized carbons (Fsp3) is 0.0455. The molecule has 0 heterocycles. The van der Waals surface area contributed by atoms with Gasteiger partial charge in [-0.2, -0.15) is 5.10 Å². The van der Waals surface area contributed by atoms with Crippen molar-refractivity contribution in [2.45, 2.75) is 6.92 Å². The van der Waals surface area contributed by atoms with E-state index in [1.807, 2.05) is 0 Å². The van der Waals surface area contributed by atoms with Crippen molar-refractivity contribution in [2.24, 2.45) is 5.10 Å². The van der Waals surface area contributed by atoms with E-state index in [9.17, 15) is 14.0 Å². The van der Waals surface area contributed by atoms with Crippen molar-refractivity contribution in [3.63, 3.8) is 0 Å². The van der Waals surface area contributed by atoms with Gasteiger partial charge in [0, 0.05) is 21.8 Å². The van der Waals surface area contributed by atoms with Crippen molar-refractivity contribution in [3.05, 3.63) is 100 Å². The largest absolute Gasteiger partial charge is 0.322 e. The lowest BCUT2D eigenvalue weighted by atomic mass is 10.1. The fourth-order valence-corrected chi connectivity index (χ4v) is 2.62. The number of carbonyl (C=O) groups excluding carboxylic acids is 2. The maximum atomic E-state index is 13.2. The third-order valence-electron chi connectivity index (χ3n) is 4.08. The molecule has 0 saturated heterocycles. The molecule has 0 aliphatic rings. The number of anilines is 1. The molecule has 0 spiro atoms. The Bertz CT molecular complexity index is 1060. The number of benzene rings is 3. The van der Waals surface area contributed by atoms with Crippen molar-refractivity contribution < 1.29 is 14.0 Å². The summed E-state index contributed by atoms with van der Waals surface area (Å²) in [6, 6.07) is 18.9. The third kappa shape index (κ3) is 5.49. The van der Waals surface area contributed by atoms with E-state index in [1.165, 1.54) is 18.2 Å². The Kier molecular flexibility index (Phi) is 6.36. The van der Waals surface area contributed by atoms with Crippen LogP contribution in [0.25, 0.3) is 0 Å². The summed E-state index contributed by atoms with van der Waals surface area (Å²) in [6.07, 6.45) is 0. The molecule has 3 aromatic rings. The second-order valence-corrected chi connectivity index (χ2v) is 6.62. The molecule has 3 aromatic carbocycles. The molecule has 5 nitrogen and oxygen atoms in total. The molecule has 0 saturated carbocycles. The first-order chi connectivity index (χ1) is 13.9. The number of rotatable bonds is 5. The minimum Gasteiger partial charge on any atom is -0.322 e. The number of hydrogen-bond acceptors (Lipinski definition) is 3. The van der Waals surface area contributed by atoms with Gasteiger partial charge < -0.3 is 5.32 Å². The molecule has 0 atom stereocenters. The minimum absolute atomic E-state index is 0.182. The Balaban J connectivity index is 1.62. The average Bonchev–Trinajstić information content (AvgIpc) is 2.72. The summed E-state index contributed by atoms with van der Waals surface area (Å²) in [4.78, 5) is 24.3. The molecule has 0 radical (unpaired) electrons. The van der Waals surface area contributed by atoms with Crippen molar-refractivity contribution in [2.75, 3.05) is 5.32 Å². The van der Waals surface area contributed by atoms with Gasteiger partial charge in [0.2, 0.25) is 0 Å². The molecular weight excluding hydrogens is 393 g/mol. The van der Waals surface area contributed by atoms with Gasteiger partial charge in [0.1, 0.15) is 5.82 Å². The topological polar surface area (TPSA) is 70.6 Å². The van der Waals surface area contributed by atoms with Crippen LogP contribution in [-0.4, -0.2) is 17.5 Å². The molecular formula is C22H17ClFN3O2. The van der Waals surface area contributed by atoms with Gasteiger partial charge in [-0.25, -0.2) is 9.82 Å². The van der Waals surface area contributed by atoms with E-state index in [1.54, 1.807) is 55.5 Å². The predicted octanol–water partition coefficient (Wildman–Crippen LogP) is 4.89. The summed E-state index contributed by atoms with van der Waals surface area (Å²) < 4.78 is 13.2. The van der Waals surface area contributed by atoms with Gasteiger partial charge in [0.25, 0.3) is 11.8 Å². The van der Waals surface area contributed by atoms with Crippen LogP contribution in [0, 0.1) is 5.82 Å². The van der Waals surface area contributed by atoms with Gasteiger partial charge in [-0.1, -0.05) is 29.8 Å². The molecule has 0 bridgehead atoms. The normalized spacial score (nSPS) is 11.1. The van der Waals surface area contributed by atoms with Crippen LogP contribution in [0.1, 0.15) is 33.2 Å². The van der Waals surface area contributed by atoms with E-state index in [4.69, 9.17) is 11.6 Å². The number of carbonyl (C=O) groups is 2. The minimum atomic E-state index is -0.504. The summed E-state index contributed by atoms with van der Waals surface area (Å²) in [6.45, 7) is 1.73. The summed E-state index contributed by atoms with van der Waals surface area (Å²) in [5.41, 5.74) is 5.01. The molecule has 0 unspecified atom stereocenters. The Morgan fingerprint density at radius 3 is 2.17 bits per heavy atom. The molecule has 29 heavy (non-hydrogen) atoms. The Morgan fingerprint density at radius 2 is 1.52 bits per heavy atom. The Morgan fingerprint density at radius 1 is 0.862 bits per heavy atom. The number of halogens is 2. The molecule has 2 N–H and O–H groups in total. The third-order valence-corrected chi connectivity index (χ3v) is 4.33. The monoisotopic (exact) mass is 409 g/mol. The molecule has 0 aromatic heterocycles. The number of amides is 2. The zero-order valence-electron chi connectivity index (χ0n) is 15.4. The van der Waals surface area contributed by atoms with Crippen molar-refractivity contribution in [3.8, 4) is 0 Å². The second kappa shape index (κ2) is 9.12. The summed E-state index contributed by atoms with van der Waals surface area (Å²) in [5.74, 6) is -1.24. The van der Waals surface area contributed by atoms with Crippen LogP contribution in [0.15, 0.2) is 77.9 Å². The molecule has 0 fully saturated rings. The van der Waals surface area contributed by atoms with Gasteiger partial charge >= 0.3 is 0 Å². The molecule has 0 aliphatic heterocycles. The van der Waals surface area contributed by atoms with Crippen molar-refractivity contribution in [1.29, 1.82) is 0 Å². The number of nitrogens with one attached hydrogen (secondary N) is 2. The van der Waals surface area contributed by atoms with Crippen LogP contribution < -0.4 is 10.7 Å². The number of hydrazone groups is 1. The second-order valence-electron chi connectivity index (χ2n) is 6.19. The molecule has 2 amide bonds. The highest BCUT2D eigenvalue weighted by atomic mass is 35.5. The van der Waals surface area contributed by atoms with E-state index in [2.05, 4.69) is 15.8 Å². The molecule has 7 heteroatoms. The quantitative estimate of drug-likeness (QED) is 0.465. The fourth-order valence-electron chi connectivity index (χ4n) is 2.49. The Hall–Kier alpha value is -3.51. The zero-order chi connectivity index (χ0) is 20.8. The van der Waals surface area contributed by atoms with E-state index < -0.39 is 11.7 Å². The SMILES string of the molecule is C/C(=N/NC(=O)c1cccc(F)c1)c1ccc(NC(=O)c2ccc(Cl)cc2)cc1. The average molecular weight is 410 g/mol. The molecule has 146 valence electrons. The van der Waals surface area contributed by atoms with Gasteiger partial charge in [0.05, 0.1) is 5.71 Å². The lowest BCUT2D eigenvalue weighted by Crippen LogP contribution is -2.19. The van der Waals surface area contributed by atoms with E-state index in [-0.39, 0.29) is 11.5 Å². The highest BCUT2D eigenvalue weighted by molar-refractivity contribution is 6.30. The van der Waals surface area contributed by atoms with Crippen LogP contribution in [0.3, 0.4) is 0 Å². The van der Waals surface area contributed by atoms with Gasteiger partial charge in [-0.15, -0.1) is 0 Å². The standard InChI is InChI=1S/C22H17ClFN3O2/c1-14(26-27-22(29)17-3-2-4-19(24)13-17)15-7-11-20(12-8-15)25-21(28)16-5-9-18(23)10-6-16/h2-13H,1H3,(H,25,28)(H,27,29)/b26-14-. The van der Waals surface area contributed by atoms with Crippen LogP contribution >= 0.6 is 11.6 Å². The van der Waals surface area contributed by atoms with Crippen molar-refractivity contribution in [1.82, 2.24) is 5.43 Å². The Labute approximate surface area is 172 Å². The zero-order valence-corrected chi connectivity index (χ0v) is 16.2. The van der Waals surface area contributed by atoms with Crippen LogP contribution in [0.4, 0.5) is 10.1 Å². The summed E-state index contributed by atoms with van der Waals surface area (Å²) in [7, 11) is 0. The first-order valence-corrected chi connectivity index (χ1v) is 9.08. The van der Waals surface area contributed by atoms with Gasteiger partial charge in [-0.3, -0.25) is 9.59 Å². The van der Waals surface area contributed by atoms with Gasteiger partial charge in [-0.05, 0) is 67.1 Å². The number of hydrogen-bond donors (Lipinski definition) is 2. The molecule has 0 aliphatic carbocycles. The lowest BCUT2D eigenvalue weighted by Gasteiger charge is -2.07. The highest BCUT2D eigenvalue weighted by Crippen LogP contribution is 2.14. The summed E-state index contributed by atoms with van der Waals surface area (Å²) >= 11 is 5.82. The maximum Gasteiger partial charge on any atom is 0.271 e. The van der Waals surface area contributed by atoms with Crippen molar-refractivity contribution >= 4 is 34.8 Å². The van der Waals surface area contributed by atoms with E-state index >= 15 is 0 Å².